The molecule has 8 heavy (non-hydrogen) atoms. The lowest BCUT2D eigenvalue weighted by atomic mass is 10.5. The minimum atomic E-state index is 1.26. The topological polar surface area (TPSA) is 12.9 Å². The smallest absolute Gasteiger partial charge is 0.0278 e. The molecule has 1 rings (SSSR count). The van der Waals surface area contributed by atoms with Crippen molar-refractivity contribution >= 4 is 11.8 Å². The van der Waals surface area contributed by atoms with E-state index < -0.39 is 0 Å². The van der Waals surface area contributed by atoms with Crippen LogP contribution in [0.25, 0.3) is 0 Å². The number of rotatable bonds is 1. The maximum absolute atomic E-state index is 3.88. The van der Waals surface area contributed by atoms with Crippen LogP contribution in [-0.4, -0.2) is 11.2 Å². The van der Waals surface area contributed by atoms with Crippen molar-refractivity contribution < 1.29 is 0 Å². The van der Waals surface area contributed by atoms with Crippen molar-refractivity contribution in [3.8, 4) is 0 Å². The van der Waals surface area contributed by atoms with Crippen LogP contribution in [0, 0.1) is 0 Å². The molecule has 0 aliphatic carbocycles. The van der Waals surface area contributed by atoms with Gasteiger partial charge in [0.25, 0.3) is 0 Å². The van der Waals surface area contributed by atoms with Gasteiger partial charge < -0.3 is 0 Å². The molecule has 42 valence electrons. The van der Waals surface area contributed by atoms with E-state index in [2.05, 4.69) is 11.2 Å². The molecule has 1 heterocycles. The molecule has 0 aromatic carbocycles. The Bertz CT molecular complexity index is 150. The molecule has 0 N–H and O–H groups in total. The third-order valence-electron chi connectivity index (χ3n) is 0.885. The molecule has 1 nitrogen and oxygen atoms in total. The van der Waals surface area contributed by atoms with E-state index in [0.717, 1.165) is 0 Å². The van der Waals surface area contributed by atoms with Gasteiger partial charge in [0.2, 0.25) is 0 Å². The Kier molecular flexibility index (Phi) is 1.92. The Hall–Kier alpha value is -0.500. The zero-order valence-corrected chi connectivity index (χ0v) is 5.48. The largest absolute Gasteiger partial charge is 0.265 e. The number of hydrogen-bond acceptors (Lipinski definition) is 2. The van der Waals surface area contributed by atoms with Crippen molar-refractivity contribution in [1.29, 1.82) is 0 Å². The van der Waals surface area contributed by atoms with Crippen LogP contribution in [0.15, 0.2) is 29.4 Å². The predicted molar refractivity (Wildman–Crippen MR) is 36.0 cm³/mol. The second kappa shape index (κ2) is 2.72. The molecule has 0 aliphatic heterocycles. The van der Waals surface area contributed by atoms with E-state index in [-0.39, 0.29) is 0 Å². The quantitative estimate of drug-likeness (QED) is 0.531. The molecule has 1 aromatic rings. The normalized spacial score (nSPS) is 9.12. The van der Waals surface area contributed by atoms with Gasteiger partial charge in [-0.25, -0.2) is 0 Å². The highest BCUT2D eigenvalue weighted by Gasteiger charge is 1.81. The molecule has 1 aromatic heterocycles. The van der Waals surface area contributed by atoms with Crippen LogP contribution in [0.2, 0.25) is 0 Å². The highest BCUT2D eigenvalue weighted by Crippen LogP contribution is 2.10. The van der Waals surface area contributed by atoms with E-state index in [4.69, 9.17) is 0 Å². The van der Waals surface area contributed by atoms with Gasteiger partial charge in [-0.1, -0.05) is 0 Å². The molecule has 0 unspecified atom stereocenters. The van der Waals surface area contributed by atoms with Gasteiger partial charge in [0.15, 0.2) is 0 Å². The van der Waals surface area contributed by atoms with Gasteiger partial charge in [0.1, 0.15) is 0 Å². The number of pyridine rings is 1. The van der Waals surface area contributed by atoms with Crippen molar-refractivity contribution in [2.45, 2.75) is 4.90 Å². The fourth-order valence-corrected chi connectivity index (χ4v) is 0.868. The molecule has 0 fully saturated rings. The summed E-state index contributed by atoms with van der Waals surface area (Å²) in [5.41, 5.74) is 0. The maximum Gasteiger partial charge on any atom is 0.0278 e. The second-order valence-corrected chi connectivity index (χ2v) is 2.27. The van der Waals surface area contributed by atoms with Crippen LogP contribution in [0.4, 0.5) is 0 Å². The molecule has 2 heteroatoms. The van der Waals surface area contributed by atoms with E-state index in [1.165, 1.54) is 4.90 Å². The maximum atomic E-state index is 3.88. The first-order chi connectivity index (χ1) is 3.93. The van der Waals surface area contributed by atoms with Gasteiger partial charge in [-0.2, -0.15) is 0 Å². The lowest BCUT2D eigenvalue weighted by Crippen LogP contribution is -1.68. The zero-order valence-electron chi connectivity index (χ0n) is 4.66. The average molecular weight is 125 g/mol. The molecule has 0 radical (unpaired) electrons. The minimum Gasteiger partial charge on any atom is -0.265 e. The summed E-state index contributed by atoms with van der Waals surface area (Å²) in [4.78, 5) is 5.14. The summed E-state index contributed by atoms with van der Waals surface area (Å²) in [5, 5.41) is 0. The van der Waals surface area contributed by atoms with E-state index in [0.29, 0.717) is 0 Å². The zero-order chi connectivity index (χ0) is 5.82. The molecule has 0 atom stereocenters. The van der Waals surface area contributed by atoms with E-state index >= 15 is 0 Å². The van der Waals surface area contributed by atoms with Gasteiger partial charge in [-0.05, 0) is 18.4 Å². The third kappa shape index (κ3) is 1.23. The number of aromatic nitrogens is 1. The third-order valence-corrected chi connectivity index (χ3v) is 1.63. The molecule has 0 aliphatic rings. The van der Waals surface area contributed by atoms with Gasteiger partial charge in [0, 0.05) is 17.3 Å². The van der Waals surface area contributed by atoms with E-state index in [1.807, 2.05) is 12.1 Å². The van der Waals surface area contributed by atoms with Crippen LogP contribution >= 0.6 is 11.8 Å². The molecule has 0 saturated carbocycles. The second-order valence-electron chi connectivity index (χ2n) is 1.39. The van der Waals surface area contributed by atoms with Crippen molar-refractivity contribution in [3.05, 3.63) is 24.5 Å². The lowest BCUT2D eigenvalue weighted by molar-refractivity contribution is 1.27. The monoisotopic (exact) mass is 125 g/mol. The summed E-state index contributed by atoms with van der Waals surface area (Å²) in [6.45, 7) is 0. The van der Waals surface area contributed by atoms with Crippen LogP contribution < -0.4 is 0 Å². The minimum absolute atomic E-state index is 1.26. The van der Waals surface area contributed by atoms with Crippen LogP contribution in [0.3, 0.4) is 0 Å². The first kappa shape index (κ1) is 5.63. The Morgan fingerprint density at radius 2 is 2.00 bits per heavy atom. The van der Waals surface area contributed by atoms with Crippen LogP contribution in [0.1, 0.15) is 0 Å². The predicted octanol–water partition coefficient (Wildman–Crippen LogP) is 1.80. The summed E-state index contributed by atoms with van der Waals surface area (Å²) < 4.78 is 0. The molecule has 0 saturated heterocycles. The van der Waals surface area contributed by atoms with Crippen LogP contribution in [-0.2, 0) is 0 Å². The molecular formula is C6H7NS. The van der Waals surface area contributed by atoms with Gasteiger partial charge in [0.05, 0.1) is 0 Å². The Morgan fingerprint density at radius 3 is 2.38 bits per heavy atom. The van der Waals surface area contributed by atoms with Gasteiger partial charge in [-0.3, -0.25) is 4.98 Å². The molecule has 0 bridgehead atoms. The van der Waals surface area contributed by atoms with Crippen molar-refractivity contribution in [1.82, 2.24) is 4.98 Å². The highest BCUT2D eigenvalue weighted by molar-refractivity contribution is 7.98. The molecular weight excluding hydrogens is 118 g/mol. The van der Waals surface area contributed by atoms with Crippen molar-refractivity contribution in [2.24, 2.45) is 0 Å². The van der Waals surface area contributed by atoms with Crippen LogP contribution in [0.5, 0.6) is 0 Å². The number of hydrogen-bond donors (Lipinski definition) is 0. The van der Waals surface area contributed by atoms with E-state index in [1.54, 1.807) is 24.2 Å². The van der Waals surface area contributed by atoms with Gasteiger partial charge >= 0.3 is 0 Å². The summed E-state index contributed by atoms with van der Waals surface area (Å²) in [6.07, 6.45) is 5.65. The van der Waals surface area contributed by atoms with Crippen molar-refractivity contribution in [3.63, 3.8) is 0 Å². The fraction of sp³-hybridized carbons (Fsp3) is 0.167. The number of nitrogens with zero attached hydrogens (tertiary/aromatic N) is 1. The number of thioether (sulfide) groups is 1. The standard InChI is InChI=1S/C6H7NS/c1-8-6-2-4-7-5-3-6/h2-5H,1H3. The molecule has 0 amide bonds. The first-order valence-corrected chi connectivity index (χ1v) is 3.60. The lowest BCUT2D eigenvalue weighted by Gasteiger charge is -1.88. The van der Waals surface area contributed by atoms with Gasteiger partial charge in [-0.15, -0.1) is 11.8 Å². The highest BCUT2D eigenvalue weighted by atomic mass is 32.2. The van der Waals surface area contributed by atoms with E-state index in [9.17, 15) is 0 Å². The first-order valence-electron chi connectivity index (χ1n) is 2.37. The Balaban J connectivity index is 2.83. The molecule has 0 spiro atoms. The summed E-state index contributed by atoms with van der Waals surface area (Å²) >= 11 is 1.73. The summed E-state index contributed by atoms with van der Waals surface area (Å²) in [5.74, 6) is 0. The summed E-state index contributed by atoms with van der Waals surface area (Å²) in [6, 6.07) is 3.98. The average Bonchev–Trinajstić information content (AvgIpc) is 1.90. The fourth-order valence-electron chi connectivity index (χ4n) is 0.474. The van der Waals surface area contributed by atoms with Crippen molar-refractivity contribution in [2.75, 3.05) is 6.26 Å². The Labute approximate surface area is 53.1 Å². The SMILES string of the molecule is CSc1ccncc1. The Morgan fingerprint density at radius 1 is 1.38 bits per heavy atom. The summed E-state index contributed by atoms with van der Waals surface area (Å²) in [7, 11) is 0.